The molecule has 1 heterocycles. The summed E-state index contributed by atoms with van der Waals surface area (Å²) in [4.78, 5) is 36.9. The summed E-state index contributed by atoms with van der Waals surface area (Å²) in [6.45, 7) is 6.76. The molecule has 2 amide bonds. The summed E-state index contributed by atoms with van der Waals surface area (Å²) in [5, 5.41) is 2.57. The van der Waals surface area contributed by atoms with Crippen molar-refractivity contribution in [1.82, 2.24) is 10.2 Å². The Balaban J connectivity index is 2.44. The number of amides is 2. The number of likely N-dealkylation sites (tertiary alicyclic amines) is 1. The van der Waals surface area contributed by atoms with E-state index in [0.29, 0.717) is 19.7 Å². The molecule has 114 valence electrons. The summed E-state index contributed by atoms with van der Waals surface area (Å²) in [6, 6.07) is 0. The molecule has 1 saturated heterocycles. The monoisotopic (exact) mass is 284 g/mol. The van der Waals surface area contributed by atoms with Gasteiger partial charge in [0.1, 0.15) is 6.54 Å². The van der Waals surface area contributed by atoms with Crippen molar-refractivity contribution < 1.29 is 19.1 Å². The Morgan fingerprint density at radius 2 is 2.05 bits per heavy atom. The minimum absolute atomic E-state index is 0.0589. The van der Waals surface area contributed by atoms with Crippen LogP contribution in [0.5, 0.6) is 0 Å². The number of piperidine rings is 1. The number of hydrogen-bond acceptors (Lipinski definition) is 4. The number of rotatable bonds is 5. The molecule has 1 N–H and O–H groups in total. The highest BCUT2D eigenvalue weighted by molar-refractivity contribution is 5.85. The third-order valence-electron chi connectivity index (χ3n) is 3.31. The third-order valence-corrected chi connectivity index (χ3v) is 3.31. The van der Waals surface area contributed by atoms with Crippen LogP contribution in [-0.2, 0) is 19.1 Å². The van der Waals surface area contributed by atoms with Crippen molar-refractivity contribution in [1.29, 1.82) is 0 Å². The standard InChI is InChI=1S/C14H24N2O4/c1-4-20-12(17)8-15-13(18)11-6-5-7-16(9-11)14(19)10(2)3/h10-11H,4-9H2,1-3H3,(H,15,18). The molecular weight excluding hydrogens is 260 g/mol. The van der Waals surface area contributed by atoms with E-state index in [4.69, 9.17) is 4.74 Å². The van der Waals surface area contributed by atoms with Crippen LogP contribution < -0.4 is 5.32 Å². The number of nitrogens with zero attached hydrogens (tertiary/aromatic N) is 1. The van der Waals surface area contributed by atoms with E-state index in [1.165, 1.54) is 0 Å². The van der Waals surface area contributed by atoms with Crippen molar-refractivity contribution in [3.05, 3.63) is 0 Å². The lowest BCUT2D eigenvalue weighted by molar-refractivity contribution is -0.145. The first kappa shape index (κ1) is 16.5. The van der Waals surface area contributed by atoms with E-state index < -0.39 is 5.97 Å². The fourth-order valence-corrected chi connectivity index (χ4v) is 2.27. The van der Waals surface area contributed by atoms with E-state index in [-0.39, 0.29) is 30.2 Å². The Morgan fingerprint density at radius 1 is 1.35 bits per heavy atom. The molecule has 0 spiro atoms. The number of carbonyl (C=O) groups is 3. The highest BCUT2D eigenvalue weighted by atomic mass is 16.5. The molecule has 0 radical (unpaired) electrons. The van der Waals surface area contributed by atoms with Gasteiger partial charge in [-0.05, 0) is 19.8 Å². The average Bonchev–Trinajstić information content (AvgIpc) is 2.44. The van der Waals surface area contributed by atoms with Gasteiger partial charge in [0.15, 0.2) is 0 Å². The van der Waals surface area contributed by atoms with E-state index in [2.05, 4.69) is 5.32 Å². The van der Waals surface area contributed by atoms with Gasteiger partial charge in [-0.15, -0.1) is 0 Å². The molecule has 0 aliphatic carbocycles. The first-order valence-electron chi connectivity index (χ1n) is 7.17. The fraction of sp³-hybridized carbons (Fsp3) is 0.786. The van der Waals surface area contributed by atoms with Gasteiger partial charge in [-0.2, -0.15) is 0 Å². The van der Waals surface area contributed by atoms with E-state index in [1.807, 2.05) is 13.8 Å². The van der Waals surface area contributed by atoms with Crippen LogP contribution in [0.1, 0.15) is 33.6 Å². The van der Waals surface area contributed by atoms with Crippen LogP contribution in [0.2, 0.25) is 0 Å². The maximum Gasteiger partial charge on any atom is 0.325 e. The van der Waals surface area contributed by atoms with E-state index in [1.54, 1.807) is 11.8 Å². The third kappa shape index (κ3) is 4.83. The first-order chi connectivity index (χ1) is 9.45. The second-order valence-electron chi connectivity index (χ2n) is 5.30. The second-order valence-corrected chi connectivity index (χ2v) is 5.30. The number of esters is 1. The van der Waals surface area contributed by atoms with Crippen molar-refractivity contribution in [2.24, 2.45) is 11.8 Å². The van der Waals surface area contributed by atoms with E-state index in [0.717, 1.165) is 12.8 Å². The summed E-state index contributed by atoms with van der Waals surface area (Å²) in [6.07, 6.45) is 1.56. The molecule has 1 rings (SSSR count). The van der Waals surface area contributed by atoms with Gasteiger partial charge < -0.3 is 15.0 Å². The summed E-state index contributed by atoms with van der Waals surface area (Å²) in [5.41, 5.74) is 0. The molecule has 0 aromatic heterocycles. The molecule has 1 aliphatic rings. The molecule has 6 nitrogen and oxygen atoms in total. The zero-order valence-electron chi connectivity index (χ0n) is 12.5. The SMILES string of the molecule is CCOC(=O)CNC(=O)C1CCCN(C(=O)C(C)C)C1. The predicted octanol–water partition coefficient (Wildman–Crippen LogP) is 0.560. The zero-order valence-corrected chi connectivity index (χ0v) is 12.5. The van der Waals surface area contributed by atoms with Gasteiger partial charge >= 0.3 is 5.97 Å². The molecule has 6 heteroatoms. The van der Waals surface area contributed by atoms with E-state index in [9.17, 15) is 14.4 Å². The number of nitrogens with one attached hydrogen (secondary N) is 1. The van der Waals surface area contributed by atoms with Crippen molar-refractivity contribution >= 4 is 17.8 Å². The molecular formula is C14H24N2O4. The van der Waals surface area contributed by atoms with Crippen LogP contribution in [0.15, 0.2) is 0 Å². The quantitative estimate of drug-likeness (QED) is 0.749. The first-order valence-corrected chi connectivity index (χ1v) is 7.17. The molecule has 0 aromatic rings. The minimum atomic E-state index is -0.438. The van der Waals surface area contributed by atoms with Crippen molar-refractivity contribution in [2.75, 3.05) is 26.2 Å². The number of carbonyl (C=O) groups excluding carboxylic acids is 3. The van der Waals surface area contributed by atoms with Gasteiger partial charge in [0, 0.05) is 19.0 Å². The molecule has 20 heavy (non-hydrogen) atoms. The zero-order chi connectivity index (χ0) is 15.1. The van der Waals surface area contributed by atoms with Crippen LogP contribution in [0.25, 0.3) is 0 Å². The highest BCUT2D eigenvalue weighted by Gasteiger charge is 2.29. The lowest BCUT2D eigenvalue weighted by Gasteiger charge is -2.33. The number of hydrogen-bond donors (Lipinski definition) is 1. The maximum atomic E-state index is 12.0. The van der Waals surface area contributed by atoms with Gasteiger partial charge in [-0.25, -0.2) is 0 Å². The van der Waals surface area contributed by atoms with E-state index >= 15 is 0 Å². The average molecular weight is 284 g/mol. The van der Waals surface area contributed by atoms with Gasteiger partial charge in [0.2, 0.25) is 11.8 Å². The Hall–Kier alpha value is -1.59. The van der Waals surface area contributed by atoms with Crippen LogP contribution >= 0.6 is 0 Å². The van der Waals surface area contributed by atoms with Crippen molar-refractivity contribution in [2.45, 2.75) is 33.6 Å². The molecule has 1 unspecified atom stereocenters. The molecule has 1 fully saturated rings. The predicted molar refractivity (Wildman–Crippen MR) is 73.8 cm³/mol. The molecule has 1 aliphatic heterocycles. The molecule has 0 aromatic carbocycles. The van der Waals surface area contributed by atoms with Gasteiger partial charge in [0.05, 0.1) is 12.5 Å². The Bertz CT molecular complexity index is 368. The molecule has 0 bridgehead atoms. The van der Waals surface area contributed by atoms with Gasteiger partial charge in [-0.1, -0.05) is 13.8 Å². The Morgan fingerprint density at radius 3 is 2.65 bits per heavy atom. The highest BCUT2D eigenvalue weighted by Crippen LogP contribution is 2.18. The summed E-state index contributed by atoms with van der Waals surface area (Å²) in [5.74, 6) is -0.837. The topological polar surface area (TPSA) is 75.7 Å². The fourth-order valence-electron chi connectivity index (χ4n) is 2.27. The lowest BCUT2D eigenvalue weighted by Crippen LogP contribution is -2.47. The van der Waals surface area contributed by atoms with Crippen LogP contribution in [0.3, 0.4) is 0 Å². The van der Waals surface area contributed by atoms with Crippen molar-refractivity contribution in [3.8, 4) is 0 Å². The van der Waals surface area contributed by atoms with Crippen LogP contribution in [0, 0.1) is 11.8 Å². The van der Waals surface area contributed by atoms with Crippen LogP contribution in [0.4, 0.5) is 0 Å². The Labute approximate surface area is 119 Å². The normalized spacial score (nSPS) is 18.8. The Kier molecular flexibility index (Phi) is 6.48. The lowest BCUT2D eigenvalue weighted by atomic mass is 9.96. The largest absolute Gasteiger partial charge is 0.465 e. The molecule has 1 atom stereocenters. The minimum Gasteiger partial charge on any atom is -0.465 e. The summed E-state index contributed by atoms with van der Waals surface area (Å²) < 4.78 is 4.75. The summed E-state index contributed by atoms with van der Waals surface area (Å²) in [7, 11) is 0. The molecule has 0 saturated carbocycles. The number of ether oxygens (including phenoxy) is 1. The maximum absolute atomic E-state index is 12.0. The summed E-state index contributed by atoms with van der Waals surface area (Å²) >= 11 is 0. The second kappa shape index (κ2) is 7.87. The van der Waals surface area contributed by atoms with Gasteiger partial charge in [0.25, 0.3) is 0 Å². The van der Waals surface area contributed by atoms with Gasteiger partial charge in [-0.3, -0.25) is 14.4 Å². The smallest absolute Gasteiger partial charge is 0.325 e. The van der Waals surface area contributed by atoms with Crippen molar-refractivity contribution in [3.63, 3.8) is 0 Å². The van der Waals surface area contributed by atoms with Crippen LogP contribution in [-0.4, -0.2) is 48.9 Å².